The molecule has 2 aromatic heterocycles. The van der Waals surface area contributed by atoms with Crippen molar-refractivity contribution in [1.82, 2.24) is 9.72 Å². The first-order chi connectivity index (χ1) is 13.5. The first kappa shape index (κ1) is 19.9. The SMILES string of the molecule is [NH3+]CCCOc1ccc2ccc(C(=O)N[C@@H]3CCCC[C@H]3C(=O)O)c(=O)n2c1. The minimum atomic E-state index is -0.913. The summed E-state index contributed by atoms with van der Waals surface area (Å²) in [5.74, 6) is -1.53. The van der Waals surface area contributed by atoms with Crippen LogP contribution in [0.2, 0.25) is 0 Å². The van der Waals surface area contributed by atoms with Crippen LogP contribution in [0.15, 0.2) is 35.3 Å². The predicted octanol–water partition coefficient (Wildman–Crippen LogP) is 0.683. The Bertz CT molecular complexity index is 924. The van der Waals surface area contributed by atoms with Crippen molar-refractivity contribution in [3.63, 3.8) is 0 Å². The highest BCUT2D eigenvalue weighted by atomic mass is 16.5. The van der Waals surface area contributed by atoms with Gasteiger partial charge < -0.3 is 20.9 Å². The number of aliphatic carboxylic acids is 1. The largest absolute Gasteiger partial charge is 0.492 e. The molecule has 0 aromatic carbocycles. The Kier molecular flexibility index (Phi) is 6.30. The van der Waals surface area contributed by atoms with Crippen molar-refractivity contribution in [2.75, 3.05) is 13.2 Å². The van der Waals surface area contributed by atoms with Crippen molar-refractivity contribution in [3.05, 3.63) is 46.4 Å². The first-order valence-corrected chi connectivity index (χ1v) is 9.62. The number of nitrogens with zero attached hydrogens (tertiary/aromatic N) is 1. The highest BCUT2D eigenvalue weighted by Crippen LogP contribution is 2.25. The van der Waals surface area contributed by atoms with Gasteiger partial charge in [0.05, 0.1) is 25.3 Å². The van der Waals surface area contributed by atoms with Crippen molar-refractivity contribution in [1.29, 1.82) is 0 Å². The quantitative estimate of drug-likeness (QED) is 0.602. The zero-order valence-electron chi connectivity index (χ0n) is 15.7. The second-order valence-corrected chi connectivity index (χ2v) is 7.08. The molecule has 2 aromatic rings. The molecule has 2 heterocycles. The molecule has 1 aliphatic carbocycles. The zero-order chi connectivity index (χ0) is 20.1. The van der Waals surface area contributed by atoms with E-state index in [9.17, 15) is 19.5 Å². The van der Waals surface area contributed by atoms with Crippen LogP contribution in [0.4, 0.5) is 0 Å². The summed E-state index contributed by atoms with van der Waals surface area (Å²) in [6, 6.07) is 6.23. The van der Waals surface area contributed by atoms with Crippen LogP contribution < -0.4 is 21.3 Å². The average molecular weight is 388 g/mol. The Hall–Kier alpha value is -2.87. The molecule has 1 aliphatic rings. The van der Waals surface area contributed by atoms with Gasteiger partial charge in [0.2, 0.25) is 0 Å². The van der Waals surface area contributed by atoms with Crippen LogP contribution in [0.25, 0.3) is 5.52 Å². The lowest BCUT2D eigenvalue weighted by molar-refractivity contribution is -0.368. The normalized spacial score (nSPS) is 19.3. The molecule has 0 bridgehead atoms. The van der Waals surface area contributed by atoms with Gasteiger partial charge in [-0.15, -0.1) is 0 Å². The molecule has 5 N–H and O–H groups in total. The third kappa shape index (κ3) is 4.33. The van der Waals surface area contributed by atoms with Gasteiger partial charge >= 0.3 is 5.97 Å². The van der Waals surface area contributed by atoms with E-state index in [-0.39, 0.29) is 5.56 Å². The van der Waals surface area contributed by atoms with E-state index in [0.717, 1.165) is 25.8 Å². The fourth-order valence-corrected chi connectivity index (χ4v) is 3.57. The molecule has 8 nitrogen and oxygen atoms in total. The summed E-state index contributed by atoms with van der Waals surface area (Å²) in [4.78, 5) is 37.0. The summed E-state index contributed by atoms with van der Waals surface area (Å²) in [6.45, 7) is 1.26. The molecule has 3 rings (SSSR count). The lowest BCUT2D eigenvalue weighted by Gasteiger charge is -2.29. The smallest absolute Gasteiger partial charge is 0.308 e. The van der Waals surface area contributed by atoms with E-state index in [0.29, 0.717) is 30.7 Å². The summed E-state index contributed by atoms with van der Waals surface area (Å²) in [7, 11) is 0. The van der Waals surface area contributed by atoms with Gasteiger partial charge in [-0.3, -0.25) is 18.8 Å². The average Bonchev–Trinajstić information content (AvgIpc) is 2.69. The zero-order valence-corrected chi connectivity index (χ0v) is 15.7. The van der Waals surface area contributed by atoms with E-state index < -0.39 is 29.4 Å². The van der Waals surface area contributed by atoms with Gasteiger partial charge in [-0.05, 0) is 37.1 Å². The van der Waals surface area contributed by atoms with Gasteiger partial charge in [0, 0.05) is 18.0 Å². The second kappa shape index (κ2) is 8.88. The van der Waals surface area contributed by atoms with Crippen LogP contribution in [0.1, 0.15) is 42.5 Å². The van der Waals surface area contributed by atoms with Crippen molar-refractivity contribution in [2.45, 2.75) is 38.1 Å². The molecule has 0 aliphatic heterocycles. The lowest BCUT2D eigenvalue weighted by atomic mass is 9.84. The summed E-state index contributed by atoms with van der Waals surface area (Å²) in [5, 5.41) is 12.1. The van der Waals surface area contributed by atoms with Crippen LogP contribution in [0.5, 0.6) is 5.75 Å². The number of carbonyl (C=O) groups excluding carboxylic acids is 1. The van der Waals surface area contributed by atoms with E-state index in [1.165, 1.54) is 10.5 Å². The number of pyridine rings is 2. The Morgan fingerprint density at radius 1 is 1.21 bits per heavy atom. The van der Waals surface area contributed by atoms with E-state index in [2.05, 4.69) is 11.1 Å². The molecule has 0 saturated heterocycles. The van der Waals surface area contributed by atoms with Crippen LogP contribution in [0.3, 0.4) is 0 Å². The molecular weight excluding hydrogens is 362 g/mol. The number of carbonyl (C=O) groups is 2. The van der Waals surface area contributed by atoms with Crippen LogP contribution in [-0.2, 0) is 4.79 Å². The number of fused-ring (bicyclic) bond motifs is 1. The van der Waals surface area contributed by atoms with Gasteiger partial charge in [-0.25, -0.2) is 0 Å². The molecule has 8 heteroatoms. The Labute approximate surface area is 162 Å². The molecule has 150 valence electrons. The number of carboxylic acid groups (broad SMARTS) is 1. The van der Waals surface area contributed by atoms with E-state index in [1.54, 1.807) is 24.4 Å². The Morgan fingerprint density at radius 3 is 2.71 bits per heavy atom. The fraction of sp³-hybridized carbons (Fsp3) is 0.450. The Morgan fingerprint density at radius 2 is 1.96 bits per heavy atom. The topological polar surface area (TPSA) is 125 Å². The maximum Gasteiger partial charge on any atom is 0.308 e. The monoisotopic (exact) mass is 388 g/mol. The van der Waals surface area contributed by atoms with Gasteiger partial charge in [0.1, 0.15) is 11.3 Å². The molecule has 1 saturated carbocycles. The van der Waals surface area contributed by atoms with E-state index in [4.69, 9.17) is 4.74 Å². The standard InChI is InChI=1S/C20H25N3O5/c21-10-3-11-28-14-8-6-13-7-9-16(19(25)23(13)12-14)18(24)22-17-5-2-1-4-15(17)20(26)27/h6-9,12,15,17H,1-5,10-11,21H2,(H,22,24)(H,26,27)/p+1/t15-,17-/m1/s1. The maximum absolute atomic E-state index is 12.8. The molecule has 2 atom stereocenters. The van der Waals surface area contributed by atoms with Crippen LogP contribution >= 0.6 is 0 Å². The minimum Gasteiger partial charge on any atom is -0.492 e. The van der Waals surface area contributed by atoms with Crippen LogP contribution in [-0.4, -0.2) is 40.6 Å². The minimum absolute atomic E-state index is 0.0119. The van der Waals surface area contributed by atoms with Crippen molar-refractivity contribution >= 4 is 17.4 Å². The molecule has 28 heavy (non-hydrogen) atoms. The maximum atomic E-state index is 12.8. The number of hydrogen-bond acceptors (Lipinski definition) is 4. The molecule has 0 radical (unpaired) electrons. The molecule has 1 fully saturated rings. The number of aromatic nitrogens is 1. The van der Waals surface area contributed by atoms with Crippen molar-refractivity contribution in [2.24, 2.45) is 5.92 Å². The molecule has 0 unspecified atom stereocenters. The van der Waals surface area contributed by atoms with E-state index >= 15 is 0 Å². The number of nitrogens with one attached hydrogen (secondary N) is 1. The summed E-state index contributed by atoms with van der Waals surface area (Å²) in [6.07, 6.45) is 5.20. The fourth-order valence-electron chi connectivity index (χ4n) is 3.57. The van der Waals surface area contributed by atoms with Crippen molar-refractivity contribution in [3.8, 4) is 5.75 Å². The highest BCUT2D eigenvalue weighted by Gasteiger charge is 2.32. The number of hydrogen-bond donors (Lipinski definition) is 3. The Balaban J connectivity index is 1.83. The first-order valence-electron chi connectivity index (χ1n) is 9.62. The summed E-state index contributed by atoms with van der Waals surface area (Å²) >= 11 is 0. The lowest BCUT2D eigenvalue weighted by Crippen LogP contribution is -2.50. The molecule has 1 amide bonds. The van der Waals surface area contributed by atoms with Crippen molar-refractivity contribution < 1.29 is 25.2 Å². The van der Waals surface area contributed by atoms with Gasteiger partial charge in [0.15, 0.2) is 0 Å². The summed E-state index contributed by atoms with van der Waals surface area (Å²) in [5.41, 5.74) is 3.94. The predicted molar refractivity (Wildman–Crippen MR) is 102 cm³/mol. The highest BCUT2D eigenvalue weighted by molar-refractivity contribution is 5.94. The van der Waals surface area contributed by atoms with Crippen LogP contribution in [0, 0.1) is 5.92 Å². The third-order valence-corrected chi connectivity index (χ3v) is 5.13. The number of rotatable bonds is 7. The third-order valence-electron chi connectivity index (χ3n) is 5.13. The van der Waals surface area contributed by atoms with Gasteiger partial charge in [-0.1, -0.05) is 12.8 Å². The number of quaternary nitrogens is 1. The van der Waals surface area contributed by atoms with E-state index in [1.807, 2.05) is 0 Å². The number of amides is 1. The number of carboxylic acids is 1. The summed E-state index contributed by atoms with van der Waals surface area (Å²) < 4.78 is 6.99. The molecular formula is C20H26N3O5+. The van der Waals surface area contributed by atoms with Gasteiger partial charge in [0.25, 0.3) is 11.5 Å². The van der Waals surface area contributed by atoms with Gasteiger partial charge in [-0.2, -0.15) is 0 Å². The molecule has 0 spiro atoms. The second-order valence-electron chi connectivity index (χ2n) is 7.08. The number of ether oxygens (including phenoxy) is 1.